The summed E-state index contributed by atoms with van der Waals surface area (Å²) in [4.78, 5) is 41.3. The summed E-state index contributed by atoms with van der Waals surface area (Å²) >= 11 is 0. The van der Waals surface area contributed by atoms with Crippen molar-refractivity contribution in [2.24, 2.45) is 0 Å². The lowest BCUT2D eigenvalue weighted by molar-refractivity contribution is -0.150. The van der Waals surface area contributed by atoms with E-state index in [0.29, 0.717) is 19.4 Å². The molecule has 0 unspecified atom stereocenters. The predicted molar refractivity (Wildman–Crippen MR) is 139 cm³/mol. The highest BCUT2D eigenvalue weighted by atomic mass is 16.6. The number of carbonyl (C=O) groups is 3. The van der Waals surface area contributed by atoms with Crippen LogP contribution in [0.1, 0.15) is 35.4 Å². The summed E-state index contributed by atoms with van der Waals surface area (Å²) in [6, 6.07) is 25.1. The SMILES string of the molecule is CN(CC(=O)OCc1ccccc1)C(=O)[C@@H]1CCCN1C(=O)OCC1c2ccccc2-c2ccccc21. The van der Waals surface area contributed by atoms with Crippen molar-refractivity contribution in [1.29, 1.82) is 0 Å². The number of carbonyl (C=O) groups excluding carboxylic acids is 3. The number of rotatable bonds is 7. The Hall–Kier alpha value is -4.13. The Morgan fingerprint density at radius 1 is 0.865 bits per heavy atom. The third-order valence-corrected chi connectivity index (χ3v) is 7.09. The lowest BCUT2D eigenvalue weighted by Crippen LogP contribution is -2.48. The van der Waals surface area contributed by atoms with Gasteiger partial charge in [0.15, 0.2) is 0 Å². The zero-order valence-electron chi connectivity index (χ0n) is 20.8. The molecule has 1 aliphatic heterocycles. The standard InChI is InChI=1S/C30H30N2O5/c1-31(18-28(33)36-19-21-10-3-2-4-11-21)29(34)27-16-9-17-32(27)30(35)37-20-26-24-14-7-5-12-22(24)23-13-6-8-15-25(23)26/h2-8,10-15,26-27H,9,16-20H2,1H3/t27-/m0/s1. The minimum absolute atomic E-state index is 0.0461. The highest BCUT2D eigenvalue weighted by Crippen LogP contribution is 2.44. The Morgan fingerprint density at radius 2 is 1.49 bits per heavy atom. The summed E-state index contributed by atoms with van der Waals surface area (Å²) in [5, 5.41) is 0. The molecule has 37 heavy (non-hydrogen) atoms. The molecule has 5 rings (SSSR count). The quantitative estimate of drug-likeness (QED) is 0.445. The van der Waals surface area contributed by atoms with Crippen LogP contribution in [-0.4, -0.2) is 60.6 Å². The average molecular weight is 499 g/mol. The fourth-order valence-corrected chi connectivity index (χ4v) is 5.23. The molecule has 1 heterocycles. The van der Waals surface area contributed by atoms with Crippen molar-refractivity contribution >= 4 is 18.0 Å². The van der Waals surface area contributed by atoms with E-state index in [4.69, 9.17) is 9.47 Å². The number of amides is 2. The molecule has 1 fully saturated rings. The average Bonchev–Trinajstić information content (AvgIpc) is 3.54. The van der Waals surface area contributed by atoms with Gasteiger partial charge in [0, 0.05) is 19.5 Å². The number of likely N-dealkylation sites (tertiary alicyclic amines) is 1. The summed E-state index contributed by atoms with van der Waals surface area (Å²) in [6.07, 6.45) is 0.733. The Kier molecular flexibility index (Phi) is 7.21. The molecule has 0 radical (unpaired) electrons. The number of nitrogens with zero attached hydrogens (tertiary/aromatic N) is 2. The van der Waals surface area contributed by atoms with Crippen molar-refractivity contribution in [1.82, 2.24) is 9.80 Å². The van der Waals surface area contributed by atoms with Crippen LogP contribution in [0.4, 0.5) is 4.79 Å². The monoisotopic (exact) mass is 498 g/mol. The normalized spacial score (nSPS) is 16.1. The molecule has 1 saturated heterocycles. The molecule has 7 heteroatoms. The van der Waals surface area contributed by atoms with Gasteiger partial charge in [0.05, 0.1) is 0 Å². The Balaban J connectivity index is 1.17. The van der Waals surface area contributed by atoms with Crippen LogP contribution in [0.2, 0.25) is 0 Å². The summed E-state index contributed by atoms with van der Waals surface area (Å²) in [7, 11) is 1.56. The number of fused-ring (bicyclic) bond motifs is 3. The number of benzene rings is 3. The van der Waals surface area contributed by atoms with Crippen molar-refractivity contribution in [2.75, 3.05) is 26.7 Å². The summed E-state index contributed by atoms with van der Waals surface area (Å²) < 4.78 is 11.1. The number of hydrogen-bond acceptors (Lipinski definition) is 5. The van der Waals surface area contributed by atoms with E-state index in [9.17, 15) is 14.4 Å². The first kappa shape index (κ1) is 24.6. The van der Waals surface area contributed by atoms with Crippen molar-refractivity contribution in [3.63, 3.8) is 0 Å². The van der Waals surface area contributed by atoms with Crippen LogP contribution < -0.4 is 0 Å². The first-order valence-electron chi connectivity index (χ1n) is 12.6. The Morgan fingerprint density at radius 3 is 2.16 bits per heavy atom. The second-order valence-corrected chi connectivity index (χ2v) is 9.50. The molecular weight excluding hydrogens is 468 g/mol. The third-order valence-electron chi connectivity index (χ3n) is 7.09. The largest absolute Gasteiger partial charge is 0.459 e. The summed E-state index contributed by atoms with van der Waals surface area (Å²) in [6.45, 7) is 0.614. The lowest BCUT2D eigenvalue weighted by Gasteiger charge is -2.27. The zero-order chi connectivity index (χ0) is 25.8. The third kappa shape index (κ3) is 5.21. The first-order chi connectivity index (χ1) is 18.0. The van der Waals surface area contributed by atoms with E-state index in [1.807, 2.05) is 54.6 Å². The van der Waals surface area contributed by atoms with Crippen LogP contribution in [0.5, 0.6) is 0 Å². The molecular formula is C30H30N2O5. The minimum Gasteiger partial charge on any atom is -0.459 e. The van der Waals surface area contributed by atoms with Crippen molar-refractivity contribution in [3.05, 3.63) is 95.6 Å². The smallest absolute Gasteiger partial charge is 0.410 e. The van der Waals surface area contributed by atoms with E-state index < -0.39 is 18.1 Å². The van der Waals surface area contributed by atoms with Gasteiger partial charge in [-0.25, -0.2) is 4.79 Å². The van der Waals surface area contributed by atoms with Gasteiger partial charge in [-0.05, 0) is 40.7 Å². The predicted octanol–water partition coefficient (Wildman–Crippen LogP) is 4.60. The fraction of sp³-hybridized carbons (Fsp3) is 0.300. The fourth-order valence-electron chi connectivity index (χ4n) is 5.23. The van der Waals surface area contributed by atoms with Crippen LogP contribution in [-0.2, 0) is 25.7 Å². The van der Waals surface area contributed by atoms with Gasteiger partial charge in [-0.3, -0.25) is 14.5 Å². The Bertz CT molecular complexity index is 1250. The zero-order valence-corrected chi connectivity index (χ0v) is 20.8. The number of likely N-dealkylation sites (N-methyl/N-ethyl adjacent to an activating group) is 1. The van der Waals surface area contributed by atoms with E-state index in [1.54, 1.807) is 7.05 Å². The van der Waals surface area contributed by atoms with Crippen LogP contribution >= 0.6 is 0 Å². The highest BCUT2D eigenvalue weighted by Gasteiger charge is 2.38. The van der Waals surface area contributed by atoms with Gasteiger partial charge >= 0.3 is 12.1 Å². The lowest BCUT2D eigenvalue weighted by atomic mass is 9.98. The number of hydrogen-bond donors (Lipinski definition) is 0. The van der Waals surface area contributed by atoms with Crippen molar-refractivity contribution in [3.8, 4) is 11.1 Å². The maximum atomic E-state index is 13.1. The van der Waals surface area contributed by atoms with E-state index >= 15 is 0 Å². The molecule has 0 bridgehead atoms. The van der Waals surface area contributed by atoms with Gasteiger partial charge in [-0.1, -0.05) is 78.9 Å². The van der Waals surface area contributed by atoms with Gasteiger partial charge in [0.2, 0.25) is 5.91 Å². The molecule has 190 valence electrons. The van der Waals surface area contributed by atoms with Crippen molar-refractivity contribution < 1.29 is 23.9 Å². The first-order valence-corrected chi connectivity index (χ1v) is 12.6. The van der Waals surface area contributed by atoms with Crippen LogP contribution in [0.25, 0.3) is 11.1 Å². The van der Waals surface area contributed by atoms with Crippen molar-refractivity contribution in [2.45, 2.75) is 31.4 Å². The van der Waals surface area contributed by atoms with Gasteiger partial charge in [0.1, 0.15) is 25.8 Å². The van der Waals surface area contributed by atoms with Gasteiger partial charge in [0.25, 0.3) is 0 Å². The maximum Gasteiger partial charge on any atom is 0.410 e. The number of esters is 1. The molecule has 7 nitrogen and oxygen atoms in total. The minimum atomic E-state index is -0.650. The van der Waals surface area contributed by atoms with Crippen LogP contribution in [0, 0.1) is 0 Å². The molecule has 0 saturated carbocycles. The molecule has 2 amide bonds. The summed E-state index contributed by atoms with van der Waals surface area (Å²) in [5.74, 6) is -0.830. The second kappa shape index (κ2) is 10.9. The highest BCUT2D eigenvalue weighted by molar-refractivity contribution is 5.88. The Labute approximate surface area is 216 Å². The molecule has 3 aromatic carbocycles. The van der Waals surface area contributed by atoms with E-state index in [-0.39, 0.29) is 31.6 Å². The second-order valence-electron chi connectivity index (χ2n) is 9.50. The summed E-state index contributed by atoms with van der Waals surface area (Å²) in [5.41, 5.74) is 5.48. The topological polar surface area (TPSA) is 76.2 Å². The van der Waals surface area contributed by atoms with Gasteiger partial charge < -0.3 is 14.4 Å². The van der Waals surface area contributed by atoms with E-state index in [2.05, 4.69) is 24.3 Å². The van der Waals surface area contributed by atoms with E-state index in [0.717, 1.165) is 27.8 Å². The molecule has 1 aliphatic carbocycles. The molecule has 3 aromatic rings. The number of ether oxygens (including phenoxy) is 2. The molecule has 0 aromatic heterocycles. The van der Waals surface area contributed by atoms with Crippen LogP contribution in [0.3, 0.4) is 0 Å². The van der Waals surface area contributed by atoms with E-state index in [1.165, 1.54) is 9.80 Å². The maximum absolute atomic E-state index is 13.1. The molecule has 0 spiro atoms. The molecule has 1 atom stereocenters. The van der Waals surface area contributed by atoms with Gasteiger partial charge in [-0.2, -0.15) is 0 Å². The van der Waals surface area contributed by atoms with Crippen LogP contribution in [0.15, 0.2) is 78.9 Å². The molecule has 0 N–H and O–H groups in total. The molecule has 2 aliphatic rings. The van der Waals surface area contributed by atoms with Gasteiger partial charge in [-0.15, -0.1) is 0 Å².